The minimum atomic E-state index is -0.363. The Hall–Kier alpha value is -2.70. The molecule has 2 aromatic carbocycles. The van der Waals surface area contributed by atoms with Crippen molar-refractivity contribution >= 4 is 40.5 Å². The van der Waals surface area contributed by atoms with Crippen LogP contribution in [0.25, 0.3) is 10.6 Å². The molecular formula is C20H17ClN2O3S. The van der Waals surface area contributed by atoms with Crippen molar-refractivity contribution in [2.24, 2.45) is 0 Å². The second-order valence-corrected chi connectivity index (χ2v) is 7.13. The van der Waals surface area contributed by atoms with Gasteiger partial charge in [-0.3, -0.25) is 4.79 Å². The van der Waals surface area contributed by atoms with E-state index >= 15 is 0 Å². The molecule has 3 rings (SSSR count). The number of thiazole rings is 1. The fraction of sp³-hybridized carbons (Fsp3) is 0.150. The maximum Gasteiger partial charge on any atom is 0.350 e. The van der Waals surface area contributed by atoms with Crippen LogP contribution in [0.5, 0.6) is 0 Å². The highest BCUT2D eigenvalue weighted by molar-refractivity contribution is 7.17. The van der Waals surface area contributed by atoms with Gasteiger partial charge >= 0.3 is 5.97 Å². The number of benzene rings is 2. The Morgan fingerprint density at radius 3 is 2.41 bits per heavy atom. The molecule has 3 aromatic rings. The van der Waals surface area contributed by atoms with Crippen molar-refractivity contribution in [2.75, 3.05) is 11.9 Å². The monoisotopic (exact) mass is 400 g/mol. The summed E-state index contributed by atoms with van der Waals surface area (Å²) in [6.45, 7) is 3.87. The molecule has 1 heterocycles. The summed E-state index contributed by atoms with van der Waals surface area (Å²) >= 11 is 7.12. The number of rotatable bonds is 5. The van der Waals surface area contributed by atoms with Gasteiger partial charge in [0.25, 0.3) is 5.91 Å². The van der Waals surface area contributed by atoms with E-state index in [4.69, 9.17) is 16.3 Å². The van der Waals surface area contributed by atoms with Crippen LogP contribution in [0, 0.1) is 6.92 Å². The first-order valence-electron chi connectivity index (χ1n) is 8.30. The first-order valence-corrected chi connectivity index (χ1v) is 9.49. The number of ether oxygens (including phenoxy) is 1. The third kappa shape index (κ3) is 4.53. The van der Waals surface area contributed by atoms with Crippen LogP contribution >= 0.6 is 22.9 Å². The maximum atomic E-state index is 12.3. The SMILES string of the molecule is CCOC(=O)c1sc(-c2ccc(C(=O)Nc3ccc(Cl)cc3)cc2)nc1C. The minimum Gasteiger partial charge on any atom is -0.462 e. The van der Waals surface area contributed by atoms with Gasteiger partial charge in [0.15, 0.2) is 0 Å². The third-order valence-corrected chi connectivity index (χ3v) is 5.19. The van der Waals surface area contributed by atoms with Gasteiger partial charge in [0.05, 0.1) is 12.3 Å². The molecule has 1 amide bonds. The van der Waals surface area contributed by atoms with E-state index in [1.807, 2.05) is 12.1 Å². The molecule has 0 aliphatic rings. The minimum absolute atomic E-state index is 0.216. The molecule has 0 atom stereocenters. The molecule has 0 aliphatic heterocycles. The van der Waals surface area contributed by atoms with E-state index in [9.17, 15) is 9.59 Å². The first kappa shape index (κ1) is 19.1. The molecule has 0 saturated carbocycles. The van der Waals surface area contributed by atoms with Gasteiger partial charge in [-0.15, -0.1) is 11.3 Å². The summed E-state index contributed by atoms with van der Waals surface area (Å²) in [6, 6.07) is 14.0. The Morgan fingerprint density at radius 2 is 1.78 bits per heavy atom. The number of hydrogen-bond donors (Lipinski definition) is 1. The Morgan fingerprint density at radius 1 is 1.11 bits per heavy atom. The molecule has 1 N–H and O–H groups in total. The number of carbonyl (C=O) groups is 2. The number of nitrogens with zero attached hydrogens (tertiary/aromatic N) is 1. The van der Waals surface area contributed by atoms with E-state index in [-0.39, 0.29) is 11.9 Å². The van der Waals surface area contributed by atoms with Crippen molar-refractivity contribution in [2.45, 2.75) is 13.8 Å². The average Bonchev–Trinajstić information content (AvgIpc) is 3.06. The van der Waals surface area contributed by atoms with Gasteiger partial charge in [-0.1, -0.05) is 23.7 Å². The smallest absolute Gasteiger partial charge is 0.350 e. The Bertz CT molecular complexity index is 966. The van der Waals surface area contributed by atoms with E-state index in [2.05, 4.69) is 10.3 Å². The standard InChI is InChI=1S/C20H17ClN2O3S/c1-3-26-20(25)17-12(2)22-19(27-17)14-6-4-13(5-7-14)18(24)23-16-10-8-15(21)9-11-16/h4-11H,3H2,1-2H3,(H,23,24). The number of aryl methyl sites for hydroxylation is 1. The number of aromatic nitrogens is 1. The summed E-state index contributed by atoms with van der Waals surface area (Å²) in [5.41, 5.74) is 2.66. The number of carbonyl (C=O) groups excluding carboxylic acids is 2. The Balaban J connectivity index is 1.75. The van der Waals surface area contributed by atoms with Crippen LogP contribution in [0.3, 0.4) is 0 Å². The number of halogens is 1. The van der Waals surface area contributed by atoms with E-state index in [0.717, 1.165) is 5.56 Å². The lowest BCUT2D eigenvalue weighted by Crippen LogP contribution is -2.11. The van der Waals surface area contributed by atoms with Crippen molar-refractivity contribution in [1.29, 1.82) is 0 Å². The van der Waals surface area contributed by atoms with E-state index in [0.29, 0.717) is 38.5 Å². The highest BCUT2D eigenvalue weighted by Crippen LogP contribution is 2.28. The number of amides is 1. The van der Waals surface area contributed by atoms with Crippen molar-refractivity contribution in [3.63, 3.8) is 0 Å². The summed E-state index contributed by atoms with van der Waals surface area (Å²) in [7, 11) is 0. The molecule has 0 bridgehead atoms. The van der Waals surface area contributed by atoms with Crippen LogP contribution < -0.4 is 5.32 Å². The fourth-order valence-corrected chi connectivity index (χ4v) is 3.50. The van der Waals surface area contributed by atoms with Crippen molar-refractivity contribution < 1.29 is 14.3 Å². The highest BCUT2D eigenvalue weighted by atomic mass is 35.5. The van der Waals surface area contributed by atoms with Gasteiger partial charge in [0, 0.05) is 21.8 Å². The predicted molar refractivity (Wildman–Crippen MR) is 108 cm³/mol. The lowest BCUT2D eigenvalue weighted by atomic mass is 10.1. The molecule has 0 saturated heterocycles. The quantitative estimate of drug-likeness (QED) is 0.597. The molecule has 1 aromatic heterocycles. The van der Waals surface area contributed by atoms with Crippen LogP contribution in [0.15, 0.2) is 48.5 Å². The van der Waals surface area contributed by atoms with Crippen LogP contribution in [0.4, 0.5) is 5.69 Å². The lowest BCUT2D eigenvalue weighted by Gasteiger charge is -2.06. The van der Waals surface area contributed by atoms with Crippen molar-refractivity contribution in [3.8, 4) is 10.6 Å². The van der Waals surface area contributed by atoms with Gasteiger partial charge in [0.1, 0.15) is 9.88 Å². The average molecular weight is 401 g/mol. The zero-order chi connectivity index (χ0) is 19.4. The van der Waals surface area contributed by atoms with E-state index in [1.165, 1.54) is 11.3 Å². The molecule has 0 fully saturated rings. The Kier molecular flexibility index (Phi) is 5.88. The number of anilines is 1. The molecule has 0 radical (unpaired) electrons. The second-order valence-electron chi connectivity index (χ2n) is 5.69. The van der Waals surface area contributed by atoms with Gasteiger partial charge < -0.3 is 10.1 Å². The number of hydrogen-bond acceptors (Lipinski definition) is 5. The normalized spacial score (nSPS) is 10.5. The molecule has 0 spiro atoms. The highest BCUT2D eigenvalue weighted by Gasteiger charge is 2.17. The molecular weight excluding hydrogens is 384 g/mol. The fourth-order valence-electron chi connectivity index (χ4n) is 2.41. The zero-order valence-corrected chi connectivity index (χ0v) is 16.4. The van der Waals surface area contributed by atoms with Crippen molar-refractivity contribution in [3.05, 3.63) is 69.7 Å². The maximum absolute atomic E-state index is 12.3. The van der Waals surface area contributed by atoms with Crippen LogP contribution in [0.1, 0.15) is 32.6 Å². The van der Waals surface area contributed by atoms with Gasteiger partial charge in [-0.05, 0) is 50.2 Å². The summed E-state index contributed by atoms with van der Waals surface area (Å²) in [6.07, 6.45) is 0. The van der Waals surface area contributed by atoms with Gasteiger partial charge in [-0.25, -0.2) is 9.78 Å². The molecule has 27 heavy (non-hydrogen) atoms. The largest absolute Gasteiger partial charge is 0.462 e. The molecule has 138 valence electrons. The zero-order valence-electron chi connectivity index (χ0n) is 14.8. The summed E-state index contributed by atoms with van der Waals surface area (Å²) in [4.78, 5) is 29.2. The molecule has 7 heteroatoms. The second kappa shape index (κ2) is 8.33. The summed E-state index contributed by atoms with van der Waals surface area (Å²) in [5.74, 6) is -0.580. The number of nitrogens with one attached hydrogen (secondary N) is 1. The van der Waals surface area contributed by atoms with E-state index < -0.39 is 0 Å². The Labute approximate surface area is 166 Å². The summed E-state index contributed by atoms with van der Waals surface area (Å²) in [5, 5.41) is 4.13. The first-order chi connectivity index (χ1) is 13.0. The molecule has 5 nitrogen and oxygen atoms in total. The van der Waals surface area contributed by atoms with Crippen molar-refractivity contribution in [1.82, 2.24) is 4.98 Å². The van der Waals surface area contributed by atoms with Crippen LogP contribution in [-0.2, 0) is 4.74 Å². The lowest BCUT2D eigenvalue weighted by molar-refractivity contribution is 0.0531. The predicted octanol–water partition coefficient (Wildman–Crippen LogP) is 5.20. The number of esters is 1. The molecule has 0 aliphatic carbocycles. The van der Waals surface area contributed by atoms with Crippen LogP contribution in [0.2, 0.25) is 5.02 Å². The van der Waals surface area contributed by atoms with Crippen LogP contribution in [-0.4, -0.2) is 23.5 Å². The van der Waals surface area contributed by atoms with E-state index in [1.54, 1.807) is 50.2 Å². The summed E-state index contributed by atoms with van der Waals surface area (Å²) < 4.78 is 5.04. The van der Waals surface area contributed by atoms with Gasteiger partial charge in [-0.2, -0.15) is 0 Å². The topological polar surface area (TPSA) is 68.3 Å². The third-order valence-electron chi connectivity index (χ3n) is 3.75. The molecule has 0 unspecified atom stereocenters. The van der Waals surface area contributed by atoms with Gasteiger partial charge in [0.2, 0.25) is 0 Å².